The Hall–Kier alpha value is -2.01. The minimum absolute atomic E-state index is 0.0197. The van der Waals surface area contributed by atoms with Gasteiger partial charge in [-0.05, 0) is 36.1 Å². The summed E-state index contributed by atoms with van der Waals surface area (Å²) in [6.07, 6.45) is 1.54. The molecule has 0 bridgehead atoms. The number of rotatable bonds is 3. The molecule has 2 aromatic heterocycles. The van der Waals surface area contributed by atoms with Crippen LogP contribution in [0.5, 0.6) is 0 Å². The number of nitrogens with one attached hydrogen (secondary N) is 1. The number of anilines is 1. The maximum Gasteiger partial charge on any atom is 0.138 e. The van der Waals surface area contributed by atoms with Gasteiger partial charge in [-0.3, -0.25) is 0 Å². The van der Waals surface area contributed by atoms with Gasteiger partial charge in [0.25, 0.3) is 0 Å². The average molecular weight is 273 g/mol. The van der Waals surface area contributed by atoms with Crippen molar-refractivity contribution in [3.63, 3.8) is 0 Å². The number of fused-ring (bicyclic) bond motifs is 1. The van der Waals surface area contributed by atoms with E-state index in [0.717, 1.165) is 21.6 Å². The summed E-state index contributed by atoms with van der Waals surface area (Å²) in [7, 11) is 0. The molecule has 19 heavy (non-hydrogen) atoms. The number of thiophene rings is 1. The monoisotopic (exact) mass is 273 g/mol. The van der Waals surface area contributed by atoms with E-state index in [1.165, 1.54) is 12.1 Å². The summed E-state index contributed by atoms with van der Waals surface area (Å²) in [6, 6.07) is 8.55. The molecular weight excluding hydrogens is 261 g/mol. The van der Waals surface area contributed by atoms with E-state index in [9.17, 15) is 4.39 Å². The molecule has 1 atom stereocenters. The SMILES string of the molecule is CC(Nc1ncnc2sccc12)c1cccc(F)c1. The molecule has 1 unspecified atom stereocenters. The summed E-state index contributed by atoms with van der Waals surface area (Å²) >= 11 is 1.58. The minimum atomic E-state index is -0.227. The first-order valence-electron chi connectivity index (χ1n) is 5.94. The molecule has 3 nitrogen and oxygen atoms in total. The minimum Gasteiger partial charge on any atom is -0.363 e. The molecule has 1 N–H and O–H groups in total. The zero-order chi connectivity index (χ0) is 13.2. The van der Waals surface area contributed by atoms with Crippen LogP contribution in [0.25, 0.3) is 10.2 Å². The van der Waals surface area contributed by atoms with Crippen LogP contribution in [0.1, 0.15) is 18.5 Å². The Morgan fingerprint density at radius 1 is 1.26 bits per heavy atom. The Morgan fingerprint density at radius 2 is 2.16 bits per heavy atom. The molecule has 5 heteroatoms. The number of halogens is 1. The summed E-state index contributed by atoms with van der Waals surface area (Å²) in [5, 5.41) is 6.28. The second-order valence-electron chi connectivity index (χ2n) is 4.28. The van der Waals surface area contributed by atoms with Gasteiger partial charge >= 0.3 is 0 Å². The van der Waals surface area contributed by atoms with E-state index >= 15 is 0 Å². The van der Waals surface area contributed by atoms with Gasteiger partial charge in [0, 0.05) is 0 Å². The van der Waals surface area contributed by atoms with Gasteiger partial charge in [0.1, 0.15) is 22.8 Å². The molecule has 0 fully saturated rings. The molecule has 3 aromatic rings. The van der Waals surface area contributed by atoms with Crippen LogP contribution < -0.4 is 5.32 Å². The maximum atomic E-state index is 13.2. The van der Waals surface area contributed by atoms with Crippen molar-refractivity contribution in [1.29, 1.82) is 0 Å². The zero-order valence-electron chi connectivity index (χ0n) is 10.3. The highest BCUT2D eigenvalue weighted by Gasteiger charge is 2.10. The normalized spacial score (nSPS) is 12.5. The van der Waals surface area contributed by atoms with Crippen LogP contribution in [0.15, 0.2) is 42.0 Å². The van der Waals surface area contributed by atoms with Gasteiger partial charge in [-0.1, -0.05) is 12.1 Å². The summed E-state index contributed by atoms with van der Waals surface area (Å²) in [6.45, 7) is 1.98. The molecule has 0 saturated heterocycles. The Labute approximate surface area is 114 Å². The third kappa shape index (κ3) is 2.42. The maximum absolute atomic E-state index is 13.2. The summed E-state index contributed by atoms with van der Waals surface area (Å²) in [5.41, 5.74) is 0.891. The molecule has 0 amide bonds. The van der Waals surface area contributed by atoms with Crippen molar-refractivity contribution in [1.82, 2.24) is 9.97 Å². The fraction of sp³-hybridized carbons (Fsp3) is 0.143. The number of hydrogen-bond donors (Lipinski definition) is 1. The second-order valence-corrected chi connectivity index (χ2v) is 5.18. The summed E-state index contributed by atoms with van der Waals surface area (Å²) in [5.74, 6) is 0.553. The van der Waals surface area contributed by atoms with Crippen molar-refractivity contribution in [2.75, 3.05) is 5.32 Å². The van der Waals surface area contributed by atoms with E-state index in [1.807, 2.05) is 24.4 Å². The first kappa shape index (κ1) is 12.0. The molecule has 0 saturated carbocycles. The van der Waals surface area contributed by atoms with Crippen molar-refractivity contribution < 1.29 is 4.39 Å². The molecule has 0 radical (unpaired) electrons. The molecule has 0 aliphatic carbocycles. The van der Waals surface area contributed by atoms with Gasteiger partial charge in [0.2, 0.25) is 0 Å². The Bertz CT molecular complexity index is 710. The van der Waals surface area contributed by atoms with Crippen LogP contribution in [0.4, 0.5) is 10.2 Å². The number of hydrogen-bond acceptors (Lipinski definition) is 4. The Balaban J connectivity index is 1.90. The van der Waals surface area contributed by atoms with Gasteiger partial charge in [-0.2, -0.15) is 0 Å². The molecular formula is C14H12FN3S. The van der Waals surface area contributed by atoms with Gasteiger partial charge < -0.3 is 5.32 Å². The lowest BCUT2D eigenvalue weighted by Gasteiger charge is -2.15. The fourth-order valence-electron chi connectivity index (χ4n) is 1.97. The highest BCUT2D eigenvalue weighted by atomic mass is 32.1. The van der Waals surface area contributed by atoms with Crippen LogP contribution in [0, 0.1) is 5.82 Å². The lowest BCUT2D eigenvalue weighted by atomic mass is 10.1. The molecule has 3 rings (SSSR count). The van der Waals surface area contributed by atoms with Crippen molar-refractivity contribution in [2.45, 2.75) is 13.0 Å². The third-order valence-electron chi connectivity index (χ3n) is 2.96. The Kier molecular flexibility index (Phi) is 3.13. The highest BCUT2D eigenvalue weighted by molar-refractivity contribution is 7.16. The van der Waals surface area contributed by atoms with Crippen molar-refractivity contribution in [3.8, 4) is 0 Å². The van der Waals surface area contributed by atoms with E-state index in [-0.39, 0.29) is 11.9 Å². The first-order chi connectivity index (χ1) is 9.24. The predicted octanol–water partition coefficient (Wildman–Crippen LogP) is 4.00. The van der Waals surface area contributed by atoms with E-state index in [0.29, 0.717) is 0 Å². The van der Waals surface area contributed by atoms with Crippen LogP contribution in [-0.2, 0) is 0 Å². The van der Waals surface area contributed by atoms with Crippen LogP contribution in [0.2, 0.25) is 0 Å². The molecule has 96 valence electrons. The van der Waals surface area contributed by atoms with Crippen molar-refractivity contribution >= 4 is 27.4 Å². The molecule has 0 aliphatic rings. The lowest BCUT2D eigenvalue weighted by molar-refractivity contribution is 0.623. The fourth-order valence-corrected chi connectivity index (χ4v) is 2.70. The van der Waals surface area contributed by atoms with Crippen LogP contribution in [0.3, 0.4) is 0 Å². The number of benzene rings is 1. The van der Waals surface area contributed by atoms with E-state index in [4.69, 9.17) is 0 Å². The smallest absolute Gasteiger partial charge is 0.138 e. The third-order valence-corrected chi connectivity index (χ3v) is 3.78. The lowest BCUT2D eigenvalue weighted by Crippen LogP contribution is -2.08. The van der Waals surface area contributed by atoms with Gasteiger partial charge in [0.15, 0.2) is 0 Å². The average Bonchev–Trinajstić information content (AvgIpc) is 2.88. The van der Waals surface area contributed by atoms with Crippen LogP contribution >= 0.6 is 11.3 Å². The largest absolute Gasteiger partial charge is 0.363 e. The second kappa shape index (κ2) is 4.93. The zero-order valence-corrected chi connectivity index (χ0v) is 11.1. The Morgan fingerprint density at radius 3 is 3.00 bits per heavy atom. The summed E-state index contributed by atoms with van der Waals surface area (Å²) in [4.78, 5) is 9.41. The highest BCUT2D eigenvalue weighted by Crippen LogP contribution is 2.27. The van der Waals surface area contributed by atoms with Crippen molar-refractivity contribution in [3.05, 3.63) is 53.4 Å². The van der Waals surface area contributed by atoms with Crippen LogP contribution in [-0.4, -0.2) is 9.97 Å². The molecule has 0 aliphatic heterocycles. The van der Waals surface area contributed by atoms with Gasteiger partial charge in [-0.25, -0.2) is 14.4 Å². The quantitative estimate of drug-likeness (QED) is 0.783. The first-order valence-corrected chi connectivity index (χ1v) is 6.82. The standard InChI is InChI=1S/C14H12FN3S/c1-9(10-3-2-4-11(15)7-10)18-13-12-5-6-19-14(12)17-8-16-13/h2-9H,1H3,(H,16,17,18). The summed E-state index contributed by atoms with van der Waals surface area (Å²) < 4.78 is 13.2. The van der Waals surface area contributed by atoms with E-state index < -0.39 is 0 Å². The van der Waals surface area contributed by atoms with Gasteiger partial charge in [-0.15, -0.1) is 11.3 Å². The molecule has 1 aromatic carbocycles. The van der Waals surface area contributed by atoms with Gasteiger partial charge in [0.05, 0.1) is 11.4 Å². The molecule has 2 heterocycles. The van der Waals surface area contributed by atoms with Crippen molar-refractivity contribution in [2.24, 2.45) is 0 Å². The predicted molar refractivity (Wildman–Crippen MR) is 75.9 cm³/mol. The molecule has 0 spiro atoms. The number of nitrogens with zero attached hydrogens (tertiary/aromatic N) is 2. The topological polar surface area (TPSA) is 37.8 Å². The van der Waals surface area contributed by atoms with E-state index in [2.05, 4.69) is 15.3 Å². The van der Waals surface area contributed by atoms with E-state index in [1.54, 1.807) is 23.7 Å². The number of aromatic nitrogens is 2.